The van der Waals surface area contributed by atoms with Crippen molar-refractivity contribution < 1.29 is 47.7 Å². The van der Waals surface area contributed by atoms with Crippen LogP contribution in [0.15, 0.2) is 261 Å². The fourth-order valence-electron chi connectivity index (χ4n) is 18.6. The number of imide groups is 3. The summed E-state index contributed by atoms with van der Waals surface area (Å²) in [5.41, 5.74) is 9.30. The lowest BCUT2D eigenvalue weighted by molar-refractivity contribution is 0.0877. The Kier molecular flexibility index (Phi) is 18.3. The number of carbonyl (C=O) groups excluding carboxylic acids is 6. The van der Waals surface area contributed by atoms with E-state index >= 15 is 19.2 Å². The Labute approximate surface area is 689 Å². The molecule has 3 aliphatic rings. The van der Waals surface area contributed by atoms with E-state index in [2.05, 4.69) is 132 Å². The van der Waals surface area contributed by atoms with Gasteiger partial charge in [-0.1, -0.05) is 259 Å². The summed E-state index contributed by atoms with van der Waals surface area (Å²) >= 11 is 0. The van der Waals surface area contributed by atoms with Crippen LogP contribution < -0.4 is 33.6 Å². The Hall–Kier alpha value is -14.0. The molecule has 0 saturated heterocycles. The third kappa shape index (κ3) is 11.9. The molecule has 0 radical (unpaired) electrons. The van der Waals surface area contributed by atoms with Crippen molar-refractivity contribution >= 4 is 139 Å². The maximum atomic E-state index is 16.1. The fraction of sp³-hybridized carbons (Fsp3) is 0.170. The number of fused-ring (bicyclic) bond motifs is 4. The zero-order valence-electron chi connectivity index (χ0n) is 68.2. The highest BCUT2D eigenvalue weighted by atomic mass is 16.5. The van der Waals surface area contributed by atoms with Crippen LogP contribution in [0, 0.1) is 0 Å². The zero-order chi connectivity index (χ0) is 82.4. The Morgan fingerprint density at radius 3 is 0.681 bits per heavy atom. The van der Waals surface area contributed by atoms with Crippen LogP contribution in [0.2, 0.25) is 0 Å². The number of anilines is 3. The van der Waals surface area contributed by atoms with Gasteiger partial charge in [0, 0.05) is 59.6 Å². The maximum absolute atomic E-state index is 16.1. The lowest BCUT2D eigenvalue weighted by Gasteiger charge is -2.35. The number of carbonyl (C=O) groups is 6. The normalized spacial score (nSPS) is 13.5. The van der Waals surface area contributed by atoms with Crippen LogP contribution >= 0.6 is 0 Å². The standard InChI is InChI=1S/C72H58N2O8.C34H27NO2/c1-39(2)47-31-21-32-48(40(3)4)67(47)73-69(75)51-35-55(79-43-23-13-9-14-24-43)61-63-57(81-45-27-17-11-18-28-45)37-53-60-54(72(78)74(71(53)77)68-49(41(5)6)33-22-34-50(68)42(7)8)38-58(82-46-29-19-12-20-30-46)64(66(60)63)62-56(80-44-25-15-10-16-26-44)36-52(70(73)76)59(51)65(61)62;1-18(2)21-10-7-11-22(19(3)4)32(21)35-33(36)27-16-14-25-23-12-5-8-20-9-6-13-24(29(20)23)26-15-17-28(34(35)37)31(27)30(25)26/h9-42H,1-8H3;5-19H,1-4H3. The minimum atomic E-state index is -0.532. The monoisotopic (exact) mass is 1560 g/mol. The van der Waals surface area contributed by atoms with Gasteiger partial charge >= 0.3 is 0 Å². The first kappa shape index (κ1) is 75.0. The second kappa shape index (κ2) is 29.0. The van der Waals surface area contributed by atoms with E-state index in [-0.39, 0.29) is 92.6 Å². The van der Waals surface area contributed by atoms with E-state index in [4.69, 9.17) is 18.9 Å². The number of nitrogens with zero attached hydrogens (tertiary/aromatic N) is 3. The van der Waals surface area contributed by atoms with Gasteiger partial charge in [-0.25, -0.2) is 14.7 Å². The summed E-state index contributed by atoms with van der Waals surface area (Å²) < 4.78 is 28.6. The van der Waals surface area contributed by atoms with Crippen molar-refractivity contribution in [1.82, 2.24) is 0 Å². The number of rotatable bonds is 17. The molecule has 20 rings (SSSR count). The highest BCUT2D eigenvalue weighted by Crippen LogP contribution is 2.60. The predicted octanol–water partition coefficient (Wildman–Crippen LogP) is 27.8. The molecule has 3 heterocycles. The van der Waals surface area contributed by atoms with Crippen LogP contribution in [-0.2, 0) is 0 Å². The van der Waals surface area contributed by atoms with E-state index in [1.807, 2.05) is 188 Å². The van der Waals surface area contributed by atoms with Crippen LogP contribution in [0.3, 0.4) is 0 Å². The summed E-state index contributed by atoms with van der Waals surface area (Å²) in [6.07, 6.45) is 0. The highest BCUT2D eigenvalue weighted by Gasteiger charge is 2.45. The van der Waals surface area contributed by atoms with E-state index in [1.165, 1.54) is 25.5 Å². The van der Waals surface area contributed by atoms with Crippen LogP contribution in [-0.4, -0.2) is 35.4 Å². The van der Waals surface area contributed by atoms with Gasteiger partial charge in [-0.05, 0) is 192 Å². The van der Waals surface area contributed by atoms with Crippen LogP contribution in [0.25, 0.3) is 86.2 Å². The molecule has 0 saturated carbocycles. The van der Waals surface area contributed by atoms with Crippen molar-refractivity contribution in [3.05, 3.63) is 328 Å². The molecule has 13 nitrogen and oxygen atoms in total. The smallest absolute Gasteiger partial charge is 0.266 e. The fourth-order valence-corrected chi connectivity index (χ4v) is 18.6. The molecule has 0 spiro atoms. The summed E-state index contributed by atoms with van der Waals surface area (Å²) in [7, 11) is 0. The van der Waals surface area contributed by atoms with Gasteiger partial charge in [0.25, 0.3) is 35.4 Å². The number of amides is 6. The molecule has 0 bridgehead atoms. The molecule has 13 heteroatoms. The lowest BCUT2D eigenvalue weighted by Crippen LogP contribution is -2.42. The first-order valence-corrected chi connectivity index (χ1v) is 41.0. The Morgan fingerprint density at radius 1 is 0.202 bits per heavy atom. The third-order valence-corrected chi connectivity index (χ3v) is 24.0. The van der Waals surface area contributed by atoms with Gasteiger partial charge in [0.1, 0.15) is 46.0 Å². The molecule has 3 aliphatic heterocycles. The molecule has 584 valence electrons. The SMILES string of the molecule is CC(C)c1cccc(C(C)C)c1N1C(=O)c2cc(Oc3ccccc3)c3c4c(Oc5ccccc5)cc5c6c(cc(Oc7ccccc7)c(c7c(Oc8ccccc8)cc(c2c37)C1=O)c64)C(=O)N(c1c(C(C)C)cccc1C(C)C)C5=O.CC(C)c1cccc(C(C)C)c1N1C(=O)c2ccc3c4cccc5cccc(c6ccc(c2c36)C1=O)c54. The molecule has 0 aliphatic carbocycles. The van der Waals surface area contributed by atoms with Crippen molar-refractivity contribution in [3.8, 4) is 46.0 Å². The quantitative estimate of drug-likeness (QED) is 0.0490. The number of hydrogen-bond acceptors (Lipinski definition) is 10. The second-order valence-corrected chi connectivity index (χ2v) is 33.3. The lowest BCUT2D eigenvalue weighted by atomic mass is 9.80. The average Bonchev–Trinajstić information content (AvgIpc) is 0.670. The minimum Gasteiger partial charge on any atom is -0.457 e. The first-order valence-electron chi connectivity index (χ1n) is 41.0. The van der Waals surface area contributed by atoms with Gasteiger partial charge in [0.2, 0.25) is 0 Å². The number of ether oxygens (including phenoxy) is 4. The Balaban J connectivity index is 0.000000210. The van der Waals surface area contributed by atoms with Gasteiger partial charge in [-0.15, -0.1) is 0 Å². The molecule has 0 N–H and O–H groups in total. The summed E-state index contributed by atoms with van der Waals surface area (Å²) in [5, 5.41) is 12.1. The molecule has 6 amide bonds. The predicted molar refractivity (Wildman–Crippen MR) is 479 cm³/mol. The number of hydrogen-bond donors (Lipinski definition) is 0. The summed E-state index contributed by atoms with van der Waals surface area (Å²) in [6, 6.07) is 82.8. The topological polar surface area (TPSA) is 149 Å². The maximum Gasteiger partial charge on any atom is 0.266 e. The molecule has 17 aromatic rings. The van der Waals surface area contributed by atoms with Gasteiger partial charge in [0.05, 0.1) is 39.3 Å². The van der Waals surface area contributed by atoms with Crippen molar-refractivity contribution in [2.45, 2.75) is 119 Å². The van der Waals surface area contributed by atoms with Crippen molar-refractivity contribution in [2.75, 3.05) is 14.7 Å². The van der Waals surface area contributed by atoms with Crippen LogP contribution in [0.1, 0.15) is 214 Å². The Bertz CT molecular complexity index is 6460. The van der Waals surface area contributed by atoms with E-state index in [0.717, 1.165) is 71.4 Å². The second-order valence-electron chi connectivity index (χ2n) is 33.3. The van der Waals surface area contributed by atoms with E-state index in [0.29, 0.717) is 88.6 Å². The highest BCUT2D eigenvalue weighted by molar-refractivity contribution is 6.49. The molecular weight excluding hydrogens is 1480 g/mol. The van der Waals surface area contributed by atoms with E-state index in [1.54, 1.807) is 24.3 Å². The molecule has 0 unspecified atom stereocenters. The van der Waals surface area contributed by atoms with E-state index in [9.17, 15) is 9.59 Å². The van der Waals surface area contributed by atoms with Crippen molar-refractivity contribution in [2.24, 2.45) is 0 Å². The van der Waals surface area contributed by atoms with Gasteiger partial charge in [0.15, 0.2) is 0 Å². The summed E-state index contributed by atoms with van der Waals surface area (Å²) in [4.78, 5) is 97.0. The van der Waals surface area contributed by atoms with Crippen molar-refractivity contribution in [3.63, 3.8) is 0 Å². The molecule has 17 aromatic carbocycles. The molecule has 0 atom stereocenters. The number of para-hydroxylation sites is 7. The third-order valence-electron chi connectivity index (χ3n) is 24.0. The van der Waals surface area contributed by atoms with Gasteiger partial charge in [-0.2, -0.15) is 0 Å². The molecule has 0 aromatic heterocycles. The molecular formula is C106H85N3O10. The van der Waals surface area contributed by atoms with Gasteiger partial charge < -0.3 is 18.9 Å². The summed E-state index contributed by atoms with van der Waals surface area (Å²) in [6.45, 7) is 24.9. The number of benzene rings is 17. The molecule has 119 heavy (non-hydrogen) atoms. The molecule has 0 fully saturated rings. The van der Waals surface area contributed by atoms with Crippen LogP contribution in [0.4, 0.5) is 17.1 Å². The average molecular weight is 1560 g/mol. The Morgan fingerprint density at radius 2 is 0.429 bits per heavy atom. The minimum absolute atomic E-state index is 0.0576. The largest absolute Gasteiger partial charge is 0.457 e. The summed E-state index contributed by atoms with van der Waals surface area (Å²) in [5.74, 6) is 0.346. The van der Waals surface area contributed by atoms with Crippen LogP contribution in [0.5, 0.6) is 46.0 Å². The van der Waals surface area contributed by atoms with E-state index < -0.39 is 23.6 Å². The van der Waals surface area contributed by atoms with Gasteiger partial charge in [-0.3, -0.25) is 28.8 Å². The first-order chi connectivity index (χ1) is 57.6. The zero-order valence-corrected chi connectivity index (χ0v) is 68.2. The van der Waals surface area contributed by atoms with Crippen molar-refractivity contribution in [1.29, 1.82) is 0 Å².